The van der Waals surface area contributed by atoms with Crippen molar-refractivity contribution in [2.24, 2.45) is 0 Å². The zero-order chi connectivity index (χ0) is 18.1. The number of ether oxygens (including phenoxy) is 3. The molecule has 0 saturated carbocycles. The molecule has 0 aliphatic carbocycles. The van der Waals surface area contributed by atoms with Gasteiger partial charge in [0.05, 0.1) is 32.4 Å². The Hall–Kier alpha value is -3.29. The highest BCUT2D eigenvalue weighted by molar-refractivity contribution is 5.61. The molecule has 2 heterocycles. The fourth-order valence-electron chi connectivity index (χ4n) is 2.49. The number of nitrogens with one attached hydrogen (secondary N) is 1. The molecule has 1 N–H and O–H groups in total. The quantitative estimate of drug-likeness (QED) is 0.716. The van der Waals surface area contributed by atoms with Crippen LogP contribution >= 0.6 is 0 Å². The molecule has 8 nitrogen and oxygen atoms in total. The standard InChI is InChI=1S/C17H18N4O4/c1-9-10(2)20-21-12(16(22)19-17(21)18-9)6-11-7-13(23-3)15(25-5)14(8-11)24-4/h6-8,20H,2H2,1,3-5H3/b12-6+. The van der Waals surface area contributed by atoms with E-state index in [1.54, 1.807) is 25.1 Å². The van der Waals surface area contributed by atoms with Gasteiger partial charge in [0.2, 0.25) is 5.75 Å². The number of nitrogens with zero attached hydrogens (tertiary/aromatic N) is 3. The molecule has 0 saturated heterocycles. The van der Waals surface area contributed by atoms with Crippen molar-refractivity contribution in [3.63, 3.8) is 0 Å². The Morgan fingerprint density at radius 1 is 1.12 bits per heavy atom. The average Bonchev–Trinajstić information content (AvgIpc) is 2.89. The van der Waals surface area contributed by atoms with Crippen molar-refractivity contribution >= 4 is 12.7 Å². The fraction of sp³-hybridized carbons (Fsp3) is 0.235. The van der Waals surface area contributed by atoms with Crippen LogP contribution in [0.25, 0.3) is 18.6 Å². The molecule has 2 aliphatic heterocycles. The summed E-state index contributed by atoms with van der Waals surface area (Å²) in [6.45, 7) is 5.66. The van der Waals surface area contributed by atoms with E-state index in [9.17, 15) is 4.79 Å². The summed E-state index contributed by atoms with van der Waals surface area (Å²) in [5.74, 6) is 1.75. The third-order valence-corrected chi connectivity index (χ3v) is 3.80. The van der Waals surface area contributed by atoms with E-state index < -0.39 is 5.56 Å². The van der Waals surface area contributed by atoms with Crippen LogP contribution in [0.3, 0.4) is 0 Å². The lowest BCUT2D eigenvalue weighted by Gasteiger charge is -2.12. The Kier molecular flexibility index (Phi) is 4.18. The number of fused-ring (bicyclic) bond motifs is 1. The maximum absolute atomic E-state index is 12.3. The molecular weight excluding hydrogens is 324 g/mol. The van der Waals surface area contributed by atoms with E-state index in [0.29, 0.717) is 39.2 Å². The highest BCUT2D eigenvalue weighted by Crippen LogP contribution is 2.38. The van der Waals surface area contributed by atoms with E-state index in [4.69, 9.17) is 14.2 Å². The predicted molar refractivity (Wildman–Crippen MR) is 92.3 cm³/mol. The topological polar surface area (TPSA) is 91.3 Å². The van der Waals surface area contributed by atoms with Crippen LogP contribution in [0.5, 0.6) is 17.2 Å². The molecule has 25 heavy (non-hydrogen) atoms. The summed E-state index contributed by atoms with van der Waals surface area (Å²) in [5, 5.41) is 3.93. The van der Waals surface area contributed by atoms with Crippen LogP contribution in [-0.2, 0) is 0 Å². The van der Waals surface area contributed by atoms with E-state index in [1.807, 2.05) is 0 Å². The minimum atomic E-state index is -0.400. The van der Waals surface area contributed by atoms with Gasteiger partial charge in [-0.05, 0) is 30.7 Å². The van der Waals surface area contributed by atoms with Gasteiger partial charge in [0.15, 0.2) is 11.5 Å². The Labute approximate surface area is 143 Å². The molecule has 0 aromatic heterocycles. The minimum absolute atomic E-state index is 0.286. The number of benzene rings is 1. The van der Waals surface area contributed by atoms with E-state index in [0.717, 1.165) is 0 Å². The van der Waals surface area contributed by atoms with Crippen LogP contribution in [0.2, 0.25) is 0 Å². The maximum atomic E-state index is 12.3. The van der Waals surface area contributed by atoms with E-state index in [1.165, 1.54) is 26.0 Å². The molecule has 0 unspecified atom stereocenters. The second-order valence-electron chi connectivity index (χ2n) is 5.33. The SMILES string of the molecule is C=c1[nH]n2/c(=C/c3cc(OC)c(OC)c(OC)c3)c(=O)nc-2nc1C. The highest BCUT2D eigenvalue weighted by atomic mass is 16.5. The minimum Gasteiger partial charge on any atom is -0.493 e. The van der Waals surface area contributed by atoms with Crippen molar-refractivity contribution in [2.45, 2.75) is 6.92 Å². The number of hydrogen-bond acceptors (Lipinski definition) is 6. The molecule has 0 spiro atoms. The molecule has 0 amide bonds. The first-order chi connectivity index (χ1) is 12.0. The predicted octanol–water partition coefficient (Wildman–Crippen LogP) is -0.0333. The third-order valence-electron chi connectivity index (χ3n) is 3.80. The van der Waals surface area contributed by atoms with Crippen molar-refractivity contribution in [1.82, 2.24) is 19.7 Å². The number of H-pyrrole nitrogens is 1. The Morgan fingerprint density at radius 3 is 2.32 bits per heavy atom. The number of aromatic amines is 1. The van der Waals surface area contributed by atoms with Crippen molar-refractivity contribution < 1.29 is 14.2 Å². The molecule has 1 aromatic carbocycles. The summed E-state index contributed by atoms with van der Waals surface area (Å²) in [4.78, 5) is 20.5. The molecule has 0 radical (unpaired) electrons. The number of hydrogen-bond donors (Lipinski definition) is 1. The molecule has 0 bridgehead atoms. The zero-order valence-corrected chi connectivity index (χ0v) is 14.4. The van der Waals surface area contributed by atoms with Gasteiger partial charge in [0.25, 0.3) is 11.5 Å². The lowest BCUT2D eigenvalue weighted by Crippen LogP contribution is -2.32. The Balaban J connectivity index is 2.28. The normalized spacial score (nSPS) is 11.8. The van der Waals surface area contributed by atoms with Gasteiger partial charge >= 0.3 is 0 Å². The summed E-state index contributed by atoms with van der Waals surface area (Å²) < 4.78 is 17.5. The molecule has 130 valence electrons. The molecule has 0 atom stereocenters. The van der Waals surface area contributed by atoms with Crippen LogP contribution < -0.4 is 30.5 Å². The number of aromatic nitrogens is 4. The molecular formula is C17H18N4O4. The monoisotopic (exact) mass is 342 g/mol. The van der Waals surface area contributed by atoms with Gasteiger partial charge in [0, 0.05) is 0 Å². The van der Waals surface area contributed by atoms with Crippen molar-refractivity contribution in [1.29, 1.82) is 0 Å². The lowest BCUT2D eigenvalue weighted by molar-refractivity contribution is 0.324. The van der Waals surface area contributed by atoms with Gasteiger partial charge in [0.1, 0.15) is 5.35 Å². The van der Waals surface area contributed by atoms with Crippen LogP contribution in [0.4, 0.5) is 0 Å². The van der Waals surface area contributed by atoms with E-state index >= 15 is 0 Å². The summed E-state index contributed by atoms with van der Waals surface area (Å²) in [6, 6.07) is 3.49. The molecule has 3 rings (SSSR count). The van der Waals surface area contributed by atoms with Gasteiger partial charge in [-0.1, -0.05) is 6.58 Å². The molecule has 8 heteroatoms. The summed E-state index contributed by atoms with van der Waals surface area (Å²) >= 11 is 0. The first-order valence-electron chi connectivity index (χ1n) is 7.44. The number of imidazole rings is 1. The molecule has 1 aromatic rings. The summed E-state index contributed by atoms with van der Waals surface area (Å²) in [6.07, 6.45) is 1.67. The van der Waals surface area contributed by atoms with Crippen LogP contribution in [0.15, 0.2) is 16.9 Å². The van der Waals surface area contributed by atoms with Gasteiger partial charge in [-0.15, -0.1) is 0 Å². The van der Waals surface area contributed by atoms with Gasteiger partial charge in [-0.25, -0.2) is 9.67 Å². The van der Waals surface area contributed by atoms with Gasteiger partial charge in [-0.2, -0.15) is 4.98 Å². The summed E-state index contributed by atoms with van der Waals surface area (Å²) in [5.41, 5.74) is 0.965. The second kappa shape index (κ2) is 6.31. The van der Waals surface area contributed by atoms with Gasteiger partial charge in [-0.3, -0.25) is 9.89 Å². The lowest BCUT2D eigenvalue weighted by atomic mass is 10.1. The van der Waals surface area contributed by atoms with Crippen LogP contribution in [-0.4, -0.2) is 41.1 Å². The number of rotatable bonds is 4. The van der Waals surface area contributed by atoms with Gasteiger partial charge < -0.3 is 14.2 Å². The van der Waals surface area contributed by atoms with E-state index in [-0.39, 0.29) is 5.95 Å². The number of aryl methyl sites for hydroxylation is 1. The molecule has 2 aliphatic rings. The first kappa shape index (κ1) is 16.6. The average molecular weight is 342 g/mol. The summed E-state index contributed by atoms with van der Waals surface area (Å²) in [7, 11) is 4.59. The van der Waals surface area contributed by atoms with E-state index in [2.05, 4.69) is 21.6 Å². The second-order valence-corrected chi connectivity index (χ2v) is 5.33. The zero-order valence-electron chi connectivity index (χ0n) is 14.4. The number of methoxy groups -OCH3 is 3. The van der Waals surface area contributed by atoms with Crippen LogP contribution in [0.1, 0.15) is 11.3 Å². The molecule has 0 fully saturated rings. The van der Waals surface area contributed by atoms with Crippen molar-refractivity contribution in [2.75, 3.05) is 21.3 Å². The highest BCUT2D eigenvalue weighted by Gasteiger charge is 2.15. The Morgan fingerprint density at radius 2 is 1.76 bits per heavy atom. The first-order valence-corrected chi connectivity index (χ1v) is 7.44. The van der Waals surface area contributed by atoms with Crippen molar-refractivity contribution in [3.05, 3.63) is 44.4 Å². The smallest absolute Gasteiger partial charge is 0.299 e. The Bertz CT molecular complexity index is 1040. The maximum Gasteiger partial charge on any atom is 0.299 e. The fourth-order valence-corrected chi connectivity index (χ4v) is 2.49. The largest absolute Gasteiger partial charge is 0.493 e. The third kappa shape index (κ3) is 2.82. The van der Waals surface area contributed by atoms with Crippen molar-refractivity contribution in [3.8, 4) is 23.2 Å². The van der Waals surface area contributed by atoms with Crippen LogP contribution in [0, 0.1) is 6.92 Å².